The topological polar surface area (TPSA) is 49.3 Å². The van der Waals surface area contributed by atoms with Crippen LogP contribution in [-0.4, -0.2) is 88.5 Å². The minimum Gasteiger partial charge on any atom is -0.381 e. The van der Waals surface area contributed by atoms with E-state index in [1.54, 1.807) is 0 Å². The van der Waals surface area contributed by atoms with Crippen LogP contribution in [0.15, 0.2) is 41.4 Å². The first-order valence-electron chi connectivity index (χ1n) is 10.9. The van der Waals surface area contributed by atoms with Crippen LogP contribution in [0.25, 0.3) is 6.08 Å². The number of ether oxygens (including phenoxy) is 2. The van der Waals surface area contributed by atoms with E-state index in [-0.39, 0.29) is 24.0 Å². The van der Waals surface area contributed by atoms with Crippen LogP contribution < -0.4 is 5.32 Å². The molecule has 1 aromatic rings. The summed E-state index contributed by atoms with van der Waals surface area (Å²) in [5, 5.41) is 3.49. The number of nitrogens with zero attached hydrogens (tertiary/aromatic N) is 3. The second kappa shape index (κ2) is 14.8. The van der Waals surface area contributed by atoms with Crippen molar-refractivity contribution < 1.29 is 9.47 Å². The normalized spacial score (nSPS) is 20.5. The monoisotopic (exact) mass is 528 g/mol. The molecular formula is C23H37IN4O2. The summed E-state index contributed by atoms with van der Waals surface area (Å²) < 4.78 is 11.2. The van der Waals surface area contributed by atoms with Gasteiger partial charge in [0.15, 0.2) is 5.96 Å². The van der Waals surface area contributed by atoms with Gasteiger partial charge in [0.05, 0.1) is 13.2 Å². The van der Waals surface area contributed by atoms with Crippen molar-refractivity contribution in [2.75, 3.05) is 72.7 Å². The summed E-state index contributed by atoms with van der Waals surface area (Å²) in [4.78, 5) is 9.31. The van der Waals surface area contributed by atoms with E-state index >= 15 is 0 Å². The van der Waals surface area contributed by atoms with Crippen molar-refractivity contribution in [1.29, 1.82) is 0 Å². The van der Waals surface area contributed by atoms with Crippen molar-refractivity contribution in [2.24, 2.45) is 10.9 Å². The van der Waals surface area contributed by atoms with Gasteiger partial charge in [0.1, 0.15) is 0 Å². The van der Waals surface area contributed by atoms with E-state index in [1.807, 2.05) is 7.05 Å². The molecule has 2 aliphatic rings. The van der Waals surface area contributed by atoms with Gasteiger partial charge in [-0.2, -0.15) is 0 Å². The van der Waals surface area contributed by atoms with E-state index in [1.165, 1.54) is 5.56 Å². The van der Waals surface area contributed by atoms with Gasteiger partial charge in [-0.1, -0.05) is 42.5 Å². The maximum atomic E-state index is 5.78. The molecule has 0 saturated carbocycles. The number of hydrogen-bond donors (Lipinski definition) is 1. The Kier molecular flexibility index (Phi) is 12.4. The van der Waals surface area contributed by atoms with Crippen LogP contribution in [0.4, 0.5) is 0 Å². The van der Waals surface area contributed by atoms with Crippen LogP contribution in [-0.2, 0) is 9.47 Å². The zero-order valence-corrected chi connectivity index (χ0v) is 20.5. The summed E-state index contributed by atoms with van der Waals surface area (Å²) in [6.45, 7) is 9.41. The summed E-state index contributed by atoms with van der Waals surface area (Å²) in [5.41, 5.74) is 1.26. The van der Waals surface area contributed by atoms with Crippen LogP contribution >= 0.6 is 24.0 Å². The zero-order valence-electron chi connectivity index (χ0n) is 18.2. The fourth-order valence-corrected chi connectivity index (χ4v) is 3.72. The molecule has 168 valence electrons. The number of guanidine groups is 1. The van der Waals surface area contributed by atoms with E-state index in [0.29, 0.717) is 5.92 Å². The smallest absolute Gasteiger partial charge is 0.193 e. The van der Waals surface area contributed by atoms with Gasteiger partial charge in [-0.05, 0) is 18.4 Å². The molecule has 30 heavy (non-hydrogen) atoms. The van der Waals surface area contributed by atoms with Gasteiger partial charge in [-0.3, -0.25) is 9.89 Å². The summed E-state index contributed by atoms with van der Waals surface area (Å²) in [6.07, 6.45) is 6.60. The summed E-state index contributed by atoms with van der Waals surface area (Å²) in [5.74, 6) is 1.60. The van der Waals surface area contributed by atoms with Crippen LogP contribution in [0.3, 0.4) is 0 Å². The molecule has 0 radical (unpaired) electrons. The lowest BCUT2D eigenvalue weighted by Crippen LogP contribution is -2.52. The predicted molar refractivity (Wildman–Crippen MR) is 135 cm³/mol. The predicted octanol–water partition coefficient (Wildman–Crippen LogP) is 2.95. The van der Waals surface area contributed by atoms with Crippen LogP contribution in [0.1, 0.15) is 18.4 Å². The molecular weight excluding hydrogens is 491 g/mol. The molecule has 0 amide bonds. The van der Waals surface area contributed by atoms with Crippen molar-refractivity contribution in [3.63, 3.8) is 0 Å². The number of hydrogen-bond acceptors (Lipinski definition) is 4. The standard InChI is InChI=1S/C23H36N4O2.HI/c1-24-23(25-11-6-17-28-19-22-10-18-29-20-22)27-15-13-26(14-16-27)12-5-9-21-7-3-2-4-8-21;/h2-5,7-9,22H,6,10-20H2,1H3,(H,24,25);1H/b9-5+;. The summed E-state index contributed by atoms with van der Waals surface area (Å²) in [7, 11) is 1.87. The molecule has 2 aliphatic heterocycles. The molecule has 0 bridgehead atoms. The molecule has 6 nitrogen and oxygen atoms in total. The van der Waals surface area contributed by atoms with E-state index in [2.05, 4.69) is 62.6 Å². The number of aliphatic imine (C=N–C) groups is 1. The molecule has 2 fully saturated rings. The number of piperazine rings is 1. The van der Waals surface area contributed by atoms with Gasteiger partial charge in [-0.15, -0.1) is 24.0 Å². The fourth-order valence-electron chi connectivity index (χ4n) is 3.72. The molecule has 2 saturated heterocycles. The highest BCUT2D eigenvalue weighted by atomic mass is 127. The Morgan fingerprint density at radius 1 is 1.23 bits per heavy atom. The van der Waals surface area contributed by atoms with E-state index in [9.17, 15) is 0 Å². The lowest BCUT2D eigenvalue weighted by molar-refractivity contribution is 0.0886. The first-order valence-corrected chi connectivity index (χ1v) is 10.9. The highest BCUT2D eigenvalue weighted by Gasteiger charge is 2.18. The quantitative estimate of drug-likeness (QED) is 0.231. The molecule has 3 rings (SSSR count). The highest BCUT2D eigenvalue weighted by Crippen LogP contribution is 2.12. The molecule has 1 aromatic carbocycles. The molecule has 0 aliphatic carbocycles. The van der Waals surface area contributed by atoms with Crippen molar-refractivity contribution in [2.45, 2.75) is 12.8 Å². The second-order valence-electron chi connectivity index (χ2n) is 7.73. The molecule has 0 spiro atoms. The second-order valence-corrected chi connectivity index (χ2v) is 7.73. The third-order valence-corrected chi connectivity index (χ3v) is 5.48. The Labute approximate surface area is 198 Å². The Morgan fingerprint density at radius 3 is 2.73 bits per heavy atom. The first kappa shape index (κ1) is 25.1. The number of halogens is 1. The van der Waals surface area contributed by atoms with Crippen LogP contribution in [0.5, 0.6) is 0 Å². The van der Waals surface area contributed by atoms with Gasteiger partial charge >= 0.3 is 0 Å². The average molecular weight is 528 g/mol. The first-order chi connectivity index (χ1) is 14.3. The van der Waals surface area contributed by atoms with Gasteiger partial charge in [0.2, 0.25) is 0 Å². The molecule has 1 atom stereocenters. The lowest BCUT2D eigenvalue weighted by Gasteiger charge is -2.36. The van der Waals surface area contributed by atoms with E-state index < -0.39 is 0 Å². The van der Waals surface area contributed by atoms with Crippen molar-refractivity contribution >= 4 is 36.0 Å². The minimum absolute atomic E-state index is 0. The summed E-state index contributed by atoms with van der Waals surface area (Å²) in [6, 6.07) is 10.5. The molecule has 0 aromatic heterocycles. The molecule has 1 unspecified atom stereocenters. The third kappa shape index (κ3) is 8.91. The zero-order chi connectivity index (χ0) is 20.2. The third-order valence-electron chi connectivity index (χ3n) is 5.48. The molecule has 2 heterocycles. The SMILES string of the molecule is CN=C(NCCCOCC1CCOC1)N1CCN(C/C=C/c2ccccc2)CC1.I. The van der Waals surface area contributed by atoms with E-state index in [4.69, 9.17) is 9.47 Å². The van der Waals surface area contributed by atoms with Gasteiger partial charge < -0.3 is 19.7 Å². The van der Waals surface area contributed by atoms with Crippen LogP contribution in [0.2, 0.25) is 0 Å². The highest BCUT2D eigenvalue weighted by molar-refractivity contribution is 14.0. The Balaban J connectivity index is 0.00000320. The van der Waals surface area contributed by atoms with Crippen molar-refractivity contribution in [3.8, 4) is 0 Å². The Hall–Kier alpha value is -1.16. The Bertz CT molecular complexity index is 627. The largest absolute Gasteiger partial charge is 0.381 e. The maximum absolute atomic E-state index is 5.78. The minimum atomic E-state index is 0. The van der Waals surface area contributed by atoms with E-state index in [0.717, 1.165) is 84.5 Å². The van der Waals surface area contributed by atoms with Crippen molar-refractivity contribution in [1.82, 2.24) is 15.1 Å². The molecule has 7 heteroatoms. The Morgan fingerprint density at radius 2 is 2.03 bits per heavy atom. The average Bonchev–Trinajstić information content (AvgIpc) is 3.28. The summed E-state index contributed by atoms with van der Waals surface area (Å²) >= 11 is 0. The number of benzene rings is 1. The van der Waals surface area contributed by atoms with Crippen molar-refractivity contribution in [3.05, 3.63) is 42.0 Å². The molecule has 1 N–H and O–H groups in total. The van der Waals surface area contributed by atoms with Gasteiger partial charge in [-0.25, -0.2) is 0 Å². The van der Waals surface area contributed by atoms with Gasteiger partial charge in [0.25, 0.3) is 0 Å². The van der Waals surface area contributed by atoms with Gasteiger partial charge in [0, 0.05) is 65.4 Å². The fraction of sp³-hybridized carbons (Fsp3) is 0.609. The lowest BCUT2D eigenvalue weighted by atomic mass is 10.1. The maximum Gasteiger partial charge on any atom is 0.193 e. The number of rotatable bonds is 9. The van der Waals surface area contributed by atoms with Crippen LogP contribution in [0, 0.1) is 5.92 Å². The number of nitrogens with one attached hydrogen (secondary N) is 1.